The maximum atomic E-state index is 13.0. The van der Waals surface area contributed by atoms with E-state index in [1.165, 1.54) is 17.0 Å². The Morgan fingerprint density at radius 1 is 1.21 bits per heavy atom. The summed E-state index contributed by atoms with van der Waals surface area (Å²) in [6.07, 6.45) is 0.447. The molecule has 0 aromatic heterocycles. The van der Waals surface area contributed by atoms with Crippen molar-refractivity contribution in [2.24, 2.45) is 0 Å². The standard InChI is InChI=1S/C17H22FN3O3/c1-19-12-15(24-17(19)23)6-7-16(22)21-10-8-20(9-11-21)14-4-2-13(18)3-5-14/h2-5,15H,6-12H2,1H3. The van der Waals surface area contributed by atoms with Crippen molar-refractivity contribution in [3.63, 3.8) is 0 Å². The molecule has 2 fully saturated rings. The SMILES string of the molecule is CN1CC(CCC(=O)N2CCN(c3ccc(F)cc3)CC2)OC1=O. The molecule has 2 saturated heterocycles. The molecule has 1 aromatic carbocycles. The molecule has 0 spiro atoms. The molecule has 1 unspecified atom stereocenters. The zero-order valence-electron chi connectivity index (χ0n) is 13.8. The molecule has 24 heavy (non-hydrogen) atoms. The van der Waals surface area contributed by atoms with Crippen LogP contribution in [0.25, 0.3) is 0 Å². The summed E-state index contributed by atoms with van der Waals surface area (Å²) in [7, 11) is 1.69. The zero-order chi connectivity index (χ0) is 17.1. The second-order valence-electron chi connectivity index (χ2n) is 6.27. The maximum Gasteiger partial charge on any atom is 0.409 e. The van der Waals surface area contributed by atoms with Crippen LogP contribution < -0.4 is 4.90 Å². The monoisotopic (exact) mass is 335 g/mol. The van der Waals surface area contributed by atoms with Crippen LogP contribution in [0.1, 0.15) is 12.8 Å². The van der Waals surface area contributed by atoms with Crippen molar-refractivity contribution in [1.29, 1.82) is 0 Å². The lowest BCUT2D eigenvalue weighted by molar-refractivity contribution is -0.132. The van der Waals surface area contributed by atoms with Gasteiger partial charge in [0.2, 0.25) is 5.91 Å². The first-order valence-corrected chi connectivity index (χ1v) is 8.23. The van der Waals surface area contributed by atoms with Crippen molar-refractivity contribution < 1.29 is 18.7 Å². The third-order valence-electron chi connectivity index (χ3n) is 4.56. The van der Waals surface area contributed by atoms with E-state index in [9.17, 15) is 14.0 Å². The molecule has 0 bridgehead atoms. The van der Waals surface area contributed by atoms with Gasteiger partial charge in [-0.15, -0.1) is 0 Å². The predicted molar refractivity (Wildman–Crippen MR) is 87.3 cm³/mol. The Hall–Kier alpha value is -2.31. The number of hydrogen-bond acceptors (Lipinski definition) is 4. The van der Waals surface area contributed by atoms with Crippen molar-refractivity contribution in [3.05, 3.63) is 30.1 Å². The molecule has 0 saturated carbocycles. The van der Waals surface area contributed by atoms with Crippen LogP contribution in [0.15, 0.2) is 24.3 Å². The number of halogens is 1. The number of likely N-dealkylation sites (N-methyl/N-ethyl adjacent to an activating group) is 1. The van der Waals surface area contributed by atoms with E-state index in [-0.39, 0.29) is 23.9 Å². The Balaban J connectivity index is 1.43. The fourth-order valence-electron chi connectivity index (χ4n) is 3.11. The fourth-order valence-corrected chi connectivity index (χ4v) is 3.11. The van der Waals surface area contributed by atoms with Crippen molar-refractivity contribution >= 4 is 17.7 Å². The molecule has 0 aliphatic carbocycles. The fraction of sp³-hybridized carbons (Fsp3) is 0.529. The Morgan fingerprint density at radius 2 is 1.88 bits per heavy atom. The number of benzene rings is 1. The average Bonchev–Trinajstić information content (AvgIpc) is 2.92. The average molecular weight is 335 g/mol. The summed E-state index contributed by atoms with van der Waals surface area (Å²) in [4.78, 5) is 29.1. The molecule has 2 heterocycles. The predicted octanol–water partition coefficient (Wildman–Crippen LogP) is 1.71. The van der Waals surface area contributed by atoms with Gasteiger partial charge in [-0.3, -0.25) is 4.79 Å². The summed E-state index contributed by atoms with van der Waals surface area (Å²) in [6, 6.07) is 6.43. The van der Waals surface area contributed by atoms with Crippen LogP contribution >= 0.6 is 0 Å². The number of piperazine rings is 1. The summed E-state index contributed by atoms with van der Waals surface area (Å²) in [5.41, 5.74) is 0.976. The van der Waals surface area contributed by atoms with Crippen LogP contribution in [0.3, 0.4) is 0 Å². The zero-order valence-corrected chi connectivity index (χ0v) is 13.8. The van der Waals surface area contributed by atoms with Crippen LogP contribution in [0.4, 0.5) is 14.9 Å². The van der Waals surface area contributed by atoms with Gasteiger partial charge in [0.05, 0.1) is 6.54 Å². The Bertz CT molecular complexity index is 600. The first-order valence-electron chi connectivity index (χ1n) is 8.23. The highest BCUT2D eigenvalue weighted by atomic mass is 19.1. The van der Waals surface area contributed by atoms with E-state index in [4.69, 9.17) is 4.74 Å². The number of anilines is 1. The molecular weight excluding hydrogens is 313 g/mol. The number of carbonyl (C=O) groups excluding carboxylic acids is 2. The second kappa shape index (κ2) is 7.07. The van der Waals surface area contributed by atoms with Gasteiger partial charge >= 0.3 is 6.09 Å². The molecular formula is C17H22FN3O3. The smallest absolute Gasteiger partial charge is 0.409 e. The molecule has 130 valence electrons. The molecule has 0 radical (unpaired) electrons. The van der Waals surface area contributed by atoms with Crippen LogP contribution in [-0.4, -0.2) is 67.7 Å². The molecule has 2 aliphatic heterocycles. The lowest BCUT2D eigenvalue weighted by Gasteiger charge is -2.36. The van der Waals surface area contributed by atoms with Crippen molar-refractivity contribution in [1.82, 2.24) is 9.80 Å². The first kappa shape index (κ1) is 16.5. The van der Waals surface area contributed by atoms with Gasteiger partial charge < -0.3 is 19.4 Å². The van der Waals surface area contributed by atoms with E-state index < -0.39 is 0 Å². The summed E-state index contributed by atoms with van der Waals surface area (Å²) in [5.74, 6) is -0.148. The summed E-state index contributed by atoms with van der Waals surface area (Å²) in [5, 5.41) is 0. The summed E-state index contributed by atoms with van der Waals surface area (Å²) >= 11 is 0. The van der Waals surface area contributed by atoms with Crippen LogP contribution in [0.2, 0.25) is 0 Å². The molecule has 0 N–H and O–H groups in total. The maximum absolute atomic E-state index is 13.0. The molecule has 1 atom stereocenters. The topological polar surface area (TPSA) is 53.1 Å². The van der Waals surface area contributed by atoms with Gasteiger partial charge in [0.1, 0.15) is 11.9 Å². The number of rotatable bonds is 4. The normalized spacial score (nSPS) is 21.2. The number of nitrogens with zero attached hydrogens (tertiary/aromatic N) is 3. The van der Waals surface area contributed by atoms with Crippen LogP contribution in [-0.2, 0) is 9.53 Å². The minimum Gasteiger partial charge on any atom is -0.444 e. The van der Waals surface area contributed by atoms with Crippen molar-refractivity contribution in [3.8, 4) is 0 Å². The van der Waals surface area contributed by atoms with Gasteiger partial charge in [-0.05, 0) is 30.7 Å². The molecule has 2 amide bonds. The highest BCUT2D eigenvalue weighted by molar-refractivity contribution is 5.76. The molecule has 2 aliphatic rings. The van der Waals surface area contributed by atoms with Gasteiger partial charge in [-0.1, -0.05) is 0 Å². The van der Waals surface area contributed by atoms with Gasteiger partial charge in [0.15, 0.2) is 0 Å². The highest BCUT2D eigenvalue weighted by Crippen LogP contribution is 2.18. The number of ether oxygens (including phenoxy) is 1. The van der Waals surface area contributed by atoms with E-state index in [2.05, 4.69) is 4.90 Å². The largest absolute Gasteiger partial charge is 0.444 e. The highest BCUT2D eigenvalue weighted by Gasteiger charge is 2.29. The van der Waals surface area contributed by atoms with E-state index >= 15 is 0 Å². The van der Waals surface area contributed by atoms with Crippen molar-refractivity contribution in [2.75, 3.05) is 44.7 Å². The summed E-state index contributed by atoms with van der Waals surface area (Å²) < 4.78 is 18.2. The van der Waals surface area contributed by atoms with Gasteiger partial charge in [0.25, 0.3) is 0 Å². The van der Waals surface area contributed by atoms with Crippen LogP contribution in [0.5, 0.6) is 0 Å². The van der Waals surface area contributed by atoms with E-state index in [1.54, 1.807) is 19.2 Å². The van der Waals surface area contributed by atoms with E-state index in [0.29, 0.717) is 32.5 Å². The Kier molecular flexibility index (Phi) is 4.87. The summed E-state index contributed by atoms with van der Waals surface area (Å²) in [6.45, 7) is 3.32. The second-order valence-corrected chi connectivity index (χ2v) is 6.27. The quantitative estimate of drug-likeness (QED) is 0.840. The lowest BCUT2D eigenvalue weighted by Crippen LogP contribution is -2.48. The van der Waals surface area contributed by atoms with Gasteiger partial charge in [0, 0.05) is 45.3 Å². The number of carbonyl (C=O) groups is 2. The first-order chi connectivity index (χ1) is 11.5. The minimum atomic E-state index is -0.319. The number of cyclic esters (lactones) is 1. The third-order valence-corrected chi connectivity index (χ3v) is 4.56. The lowest BCUT2D eigenvalue weighted by atomic mass is 10.1. The molecule has 1 aromatic rings. The number of amides is 2. The minimum absolute atomic E-state index is 0.0966. The molecule has 3 rings (SSSR count). The van der Waals surface area contributed by atoms with Gasteiger partial charge in [-0.25, -0.2) is 9.18 Å². The van der Waals surface area contributed by atoms with Gasteiger partial charge in [-0.2, -0.15) is 0 Å². The van der Waals surface area contributed by atoms with Crippen LogP contribution in [0, 0.1) is 5.82 Å². The molecule has 7 heteroatoms. The molecule has 6 nitrogen and oxygen atoms in total. The van der Waals surface area contributed by atoms with E-state index in [1.807, 2.05) is 4.90 Å². The Labute approximate surface area is 140 Å². The van der Waals surface area contributed by atoms with Crippen molar-refractivity contribution in [2.45, 2.75) is 18.9 Å². The van der Waals surface area contributed by atoms with E-state index in [0.717, 1.165) is 18.8 Å². The third kappa shape index (κ3) is 3.77. The number of hydrogen-bond donors (Lipinski definition) is 0. The Morgan fingerprint density at radius 3 is 2.46 bits per heavy atom.